The zero-order chi connectivity index (χ0) is 12.2. The largest absolute Gasteiger partial charge is 0.508 e. The van der Waals surface area contributed by atoms with E-state index in [2.05, 4.69) is 11.7 Å². The smallest absolute Gasteiger partial charge is 0.330 e. The van der Waals surface area contributed by atoms with Crippen LogP contribution < -0.4 is 0 Å². The molecule has 0 rings (SSSR count). The molecule has 0 aliphatic carbocycles. The molecule has 3 heteroatoms. The number of allylic oxidation sites excluding steroid dienone is 2. The lowest BCUT2D eigenvalue weighted by Crippen LogP contribution is -1.93. The number of ether oxygens (including phenoxy) is 1. The highest BCUT2D eigenvalue weighted by atomic mass is 16.5. The lowest BCUT2D eigenvalue weighted by Gasteiger charge is -1.97. The zero-order valence-electron chi connectivity index (χ0n) is 10.2. The molecule has 0 saturated carbocycles. The number of aliphatic hydroxyl groups excluding tert-OH is 1. The van der Waals surface area contributed by atoms with Crippen molar-refractivity contribution in [3.8, 4) is 0 Å². The topological polar surface area (TPSA) is 46.5 Å². The van der Waals surface area contributed by atoms with Crippen molar-refractivity contribution in [2.75, 3.05) is 7.11 Å². The first-order chi connectivity index (χ1) is 7.70. The van der Waals surface area contributed by atoms with E-state index >= 15 is 0 Å². The van der Waals surface area contributed by atoms with E-state index in [9.17, 15) is 9.90 Å². The molecule has 0 aromatic heterocycles. The average Bonchev–Trinajstić information content (AvgIpc) is 2.30. The van der Waals surface area contributed by atoms with E-state index in [1.165, 1.54) is 44.9 Å². The molecule has 0 bridgehead atoms. The Morgan fingerprint density at radius 3 is 2.50 bits per heavy atom. The molecule has 0 atom stereocenters. The molecule has 0 aromatic rings. The van der Waals surface area contributed by atoms with Crippen LogP contribution in [-0.4, -0.2) is 18.2 Å². The molecule has 0 radical (unpaired) electrons. The molecule has 16 heavy (non-hydrogen) atoms. The van der Waals surface area contributed by atoms with Crippen molar-refractivity contribution in [2.24, 2.45) is 0 Å². The molecular weight excluding hydrogens is 204 g/mol. The summed E-state index contributed by atoms with van der Waals surface area (Å²) < 4.78 is 4.41. The van der Waals surface area contributed by atoms with Crippen molar-refractivity contribution in [2.45, 2.75) is 45.4 Å². The van der Waals surface area contributed by atoms with Crippen LogP contribution in [0.2, 0.25) is 0 Å². The minimum atomic E-state index is -0.456. The van der Waals surface area contributed by atoms with Gasteiger partial charge in [0, 0.05) is 6.08 Å². The quantitative estimate of drug-likeness (QED) is 0.226. The van der Waals surface area contributed by atoms with Gasteiger partial charge in [-0.2, -0.15) is 0 Å². The summed E-state index contributed by atoms with van der Waals surface area (Å²) in [6.07, 6.45) is 11.2. The van der Waals surface area contributed by atoms with Gasteiger partial charge in [-0.1, -0.05) is 32.6 Å². The van der Waals surface area contributed by atoms with Gasteiger partial charge in [0.25, 0.3) is 0 Å². The third-order valence-electron chi connectivity index (χ3n) is 2.25. The fraction of sp³-hybridized carbons (Fsp3) is 0.615. The second kappa shape index (κ2) is 10.3. The summed E-state index contributed by atoms with van der Waals surface area (Å²) >= 11 is 0. The van der Waals surface area contributed by atoms with Crippen molar-refractivity contribution in [1.29, 1.82) is 0 Å². The minimum Gasteiger partial charge on any atom is -0.508 e. The van der Waals surface area contributed by atoms with Crippen LogP contribution in [0, 0.1) is 0 Å². The highest BCUT2D eigenvalue weighted by Crippen LogP contribution is 2.06. The number of esters is 1. The van der Waals surface area contributed by atoms with Crippen molar-refractivity contribution < 1.29 is 14.6 Å². The second-order valence-corrected chi connectivity index (χ2v) is 3.69. The number of unbranched alkanes of at least 4 members (excludes halogenated alkanes) is 5. The van der Waals surface area contributed by atoms with Crippen molar-refractivity contribution in [3.63, 3.8) is 0 Å². The number of rotatable bonds is 8. The fourth-order valence-corrected chi connectivity index (χ4v) is 1.29. The highest BCUT2D eigenvalue weighted by molar-refractivity contribution is 5.82. The highest BCUT2D eigenvalue weighted by Gasteiger charge is 1.92. The number of hydrogen-bond donors (Lipinski definition) is 1. The van der Waals surface area contributed by atoms with E-state index in [1.54, 1.807) is 6.08 Å². The van der Waals surface area contributed by atoms with Gasteiger partial charge in [-0.05, 0) is 25.0 Å². The summed E-state index contributed by atoms with van der Waals surface area (Å²) in [6.45, 7) is 2.18. The van der Waals surface area contributed by atoms with Gasteiger partial charge in [0.05, 0.1) is 7.11 Å². The summed E-state index contributed by atoms with van der Waals surface area (Å²) in [7, 11) is 1.31. The Bertz CT molecular complexity index is 242. The summed E-state index contributed by atoms with van der Waals surface area (Å²) in [6, 6.07) is 0. The number of carbonyl (C=O) groups excluding carboxylic acids is 1. The van der Waals surface area contributed by atoms with Crippen molar-refractivity contribution in [3.05, 3.63) is 24.0 Å². The van der Waals surface area contributed by atoms with Gasteiger partial charge in [0.1, 0.15) is 5.76 Å². The van der Waals surface area contributed by atoms with E-state index in [1.807, 2.05) is 0 Å². The van der Waals surface area contributed by atoms with Crippen molar-refractivity contribution in [1.82, 2.24) is 0 Å². The molecule has 0 aromatic carbocycles. The zero-order valence-corrected chi connectivity index (χ0v) is 10.2. The van der Waals surface area contributed by atoms with Crippen molar-refractivity contribution >= 4 is 5.97 Å². The SMILES string of the molecule is CCCCCCCC=C(O)/C=C/C(=O)OC. The molecule has 3 nitrogen and oxygen atoms in total. The molecule has 0 saturated heterocycles. The standard InChI is InChI=1S/C13H22O3/c1-3-4-5-6-7-8-9-12(14)10-11-13(15)16-2/h9-11,14H,3-8H2,1-2H3/b11-10+,12-9?. The van der Waals surface area contributed by atoms with Gasteiger partial charge in [-0.15, -0.1) is 0 Å². The van der Waals surface area contributed by atoms with E-state index in [0.29, 0.717) is 0 Å². The van der Waals surface area contributed by atoms with E-state index in [-0.39, 0.29) is 5.76 Å². The molecule has 0 heterocycles. The first-order valence-corrected chi connectivity index (χ1v) is 5.85. The molecule has 1 N–H and O–H groups in total. The molecule has 0 unspecified atom stereocenters. The van der Waals surface area contributed by atoms with Gasteiger partial charge in [-0.3, -0.25) is 0 Å². The molecule has 0 fully saturated rings. The molecule has 92 valence electrons. The van der Waals surface area contributed by atoms with Gasteiger partial charge in [-0.25, -0.2) is 4.79 Å². The molecule has 0 amide bonds. The third-order valence-corrected chi connectivity index (χ3v) is 2.25. The maximum atomic E-state index is 10.7. The second-order valence-electron chi connectivity index (χ2n) is 3.69. The normalized spacial score (nSPS) is 12.0. The van der Waals surface area contributed by atoms with Crippen LogP contribution >= 0.6 is 0 Å². The maximum Gasteiger partial charge on any atom is 0.330 e. The average molecular weight is 226 g/mol. The summed E-state index contributed by atoms with van der Waals surface area (Å²) in [5.41, 5.74) is 0. The Balaban J connectivity index is 3.62. The fourth-order valence-electron chi connectivity index (χ4n) is 1.29. The van der Waals surface area contributed by atoms with E-state index in [0.717, 1.165) is 12.8 Å². The van der Waals surface area contributed by atoms with Gasteiger partial charge >= 0.3 is 5.97 Å². The number of carbonyl (C=O) groups is 1. The van der Waals surface area contributed by atoms with Crippen LogP contribution in [0.1, 0.15) is 45.4 Å². The number of aliphatic hydroxyl groups is 1. The lowest BCUT2D eigenvalue weighted by molar-refractivity contribution is -0.134. The Kier molecular flexibility index (Phi) is 9.47. The summed E-state index contributed by atoms with van der Waals surface area (Å²) in [5.74, 6) is -0.330. The van der Waals surface area contributed by atoms with Crippen LogP contribution in [-0.2, 0) is 9.53 Å². The minimum absolute atomic E-state index is 0.126. The maximum absolute atomic E-state index is 10.7. The third kappa shape index (κ3) is 9.31. The summed E-state index contributed by atoms with van der Waals surface area (Å²) in [4.78, 5) is 10.7. The Hall–Kier alpha value is -1.25. The monoisotopic (exact) mass is 226 g/mol. The molecule has 0 spiro atoms. The Morgan fingerprint density at radius 1 is 1.19 bits per heavy atom. The number of hydrogen-bond acceptors (Lipinski definition) is 3. The molecular formula is C13H22O3. The van der Waals surface area contributed by atoms with Crippen LogP contribution in [0.25, 0.3) is 0 Å². The van der Waals surface area contributed by atoms with Crippen LogP contribution in [0.3, 0.4) is 0 Å². The first-order valence-electron chi connectivity index (χ1n) is 5.85. The Morgan fingerprint density at radius 2 is 1.88 bits per heavy atom. The predicted molar refractivity (Wildman–Crippen MR) is 65.2 cm³/mol. The Labute approximate surface area is 97.8 Å². The first kappa shape index (κ1) is 14.8. The van der Waals surface area contributed by atoms with Gasteiger partial charge in [0.15, 0.2) is 0 Å². The van der Waals surface area contributed by atoms with E-state index < -0.39 is 5.97 Å². The van der Waals surface area contributed by atoms with Gasteiger partial charge in [0.2, 0.25) is 0 Å². The molecule has 0 aliphatic heterocycles. The van der Waals surface area contributed by atoms with E-state index in [4.69, 9.17) is 0 Å². The van der Waals surface area contributed by atoms with Crippen LogP contribution in [0.5, 0.6) is 0 Å². The molecule has 0 aliphatic rings. The van der Waals surface area contributed by atoms with Crippen LogP contribution in [0.4, 0.5) is 0 Å². The predicted octanol–water partition coefficient (Wildman–Crippen LogP) is 3.52. The lowest BCUT2D eigenvalue weighted by atomic mass is 10.1. The van der Waals surface area contributed by atoms with Crippen LogP contribution in [0.15, 0.2) is 24.0 Å². The summed E-state index contributed by atoms with van der Waals surface area (Å²) in [5, 5.41) is 9.36. The number of methoxy groups -OCH3 is 1. The van der Waals surface area contributed by atoms with Gasteiger partial charge < -0.3 is 9.84 Å².